The summed E-state index contributed by atoms with van der Waals surface area (Å²) in [6, 6.07) is 11.1. The van der Waals surface area contributed by atoms with Crippen LogP contribution in [0, 0.1) is 5.82 Å². The molecule has 0 aliphatic heterocycles. The van der Waals surface area contributed by atoms with Crippen LogP contribution < -0.4 is 16.0 Å². The van der Waals surface area contributed by atoms with Gasteiger partial charge in [-0.1, -0.05) is 42.3 Å². The lowest BCUT2D eigenvalue weighted by Gasteiger charge is -2.11. The number of nitrogens with zero attached hydrogens (tertiary/aromatic N) is 4. The zero-order valence-corrected chi connectivity index (χ0v) is 18.8. The number of rotatable bonds is 6. The number of imidazole rings is 1. The van der Waals surface area contributed by atoms with Crippen LogP contribution >= 0.6 is 23.2 Å². The Morgan fingerprint density at radius 2 is 1.78 bits per heavy atom. The summed E-state index contributed by atoms with van der Waals surface area (Å²) in [5.74, 6) is -0.499. The molecule has 10 heteroatoms. The van der Waals surface area contributed by atoms with Crippen molar-refractivity contribution < 1.29 is 9.13 Å². The Balaban J connectivity index is 1.94. The summed E-state index contributed by atoms with van der Waals surface area (Å²) in [5.41, 5.74) is 0.273. The average molecular weight is 477 g/mol. The molecule has 2 heterocycles. The van der Waals surface area contributed by atoms with Crippen LogP contribution in [0.15, 0.2) is 52.1 Å². The van der Waals surface area contributed by atoms with Crippen LogP contribution in [0.25, 0.3) is 11.2 Å². The lowest BCUT2D eigenvalue weighted by atomic mass is 10.2. The van der Waals surface area contributed by atoms with E-state index in [1.54, 1.807) is 23.7 Å². The Bertz CT molecular complexity index is 1420. The van der Waals surface area contributed by atoms with Crippen LogP contribution in [0.1, 0.15) is 18.9 Å². The van der Waals surface area contributed by atoms with Crippen molar-refractivity contribution in [2.45, 2.75) is 26.4 Å². The van der Waals surface area contributed by atoms with E-state index in [0.29, 0.717) is 11.4 Å². The quantitative estimate of drug-likeness (QED) is 0.407. The standard InChI is InChI=1S/C22H19Cl2FN4O3/c1-3-10-28-20(30)18-19(27(2)22(28)31)26-21(32-15-8-9-16(24)17(25)11-15)29(18)12-13-4-6-14(23)7-5-13/h4-9,11H,3,10,12H2,1-2H3. The van der Waals surface area contributed by atoms with Gasteiger partial charge in [-0.3, -0.25) is 18.5 Å². The summed E-state index contributed by atoms with van der Waals surface area (Å²) in [6.07, 6.45) is 0.610. The first kappa shape index (κ1) is 22.1. The molecule has 0 aliphatic rings. The molecule has 0 unspecified atom stereocenters. The molecular weight excluding hydrogens is 458 g/mol. The topological polar surface area (TPSA) is 71.1 Å². The molecule has 0 atom stereocenters. The summed E-state index contributed by atoms with van der Waals surface area (Å²) >= 11 is 11.8. The molecule has 0 amide bonds. The van der Waals surface area contributed by atoms with Crippen molar-refractivity contribution in [3.05, 3.63) is 84.7 Å². The summed E-state index contributed by atoms with van der Waals surface area (Å²) in [4.78, 5) is 30.4. The Morgan fingerprint density at radius 3 is 2.44 bits per heavy atom. The van der Waals surface area contributed by atoms with E-state index in [-0.39, 0.29) is 41.0 Å². The second-order valence-corrected chi connectivity index (χ2v) is 8.10. The number of aryl methyl sites for hydroxylation is 1. The summed E-state index contributed by atoms with van der Waals surface area (Å²) < 4.78 is 23.8. The largest absolute Gasteiger partial charge is 0.425 e. The first-order valence-corrected chi connectivity index (χ1v) is 10.6. The normalized spacial score (nSPS) is 11.3. The van der Waals surface area contributed by atoms with E-state index < -0.39 is 17.1 Å². The van der Waals surface area contributed by atoms with Gasteiger partial charge < -0.3 is 4.74 Å². The molecule has 32 heavy (non-hydrogen) atoms. The molecule has 4 aromatic rings. The minimum Gasteiger partial charge on any atom is -0.425 e. The summed E-state index contributed by atoms with van der Waals surface area (Å²) in [6.45, 7) is 2.37. The molecular formula is C22H19Cl2FN4O3. The van der Waals surface area contributed by atoms with Gasteiger partial charge >= 0.3 is 11.7 Å². The number of halogens is 3. The fraction of sp³-hybridized carbons (Fsp3) is 0.227. The Kier molecular flexibility index (Phi) is 6.08. The predicted octanol–water partition coefficient (Wildman–Crippen LogP) is 4.59. The summed E-state index contributed by atoms with van der Waals surface area (Å²) in [5, 5.41) is 0.530. The van der Waals surface area contributed by atoms with Gasteiger partial charge in [-0.2, -0.15) is 4.98 Å². The highest BCUT2D eigenvalue weighted by Crippen LogP contribution is 2.28. The first-order valence-electron chi connectivity index (χ1n) is 9.87. The number of aromatic nitrogens is 4. The lowest BCUT2D eigenvalue weighted by molar-refractivity contribution is 0.418. The molecule has 166 valence electrons. The zero-order valence-electron chi connectivity index (χ0n) is 17.3. The average Bonchev–Trinajstić information content (AvgIpc) is 3.12. The molecule has 0 saturated heterocycles. The number of hydrogen-bond acceptors (Lipinski definition) is 4. The van der Waals surface area contributed by atoms with Gasteiger partial charge in [-0.25, -0.2) is 9.18 Å². The molecule has 0 aliphatic carbocycles. The number of hydrogen-bond donors (Lipinski definition) is 0. The van der Waals surface area contributed by atoms with Gasteiger partial charge in [0.1, 0.15) is 11.6 Å². The SMILES string of the molecule is CCCn1c(=O)c2c(nc(Oc3ccc(Cl)c(F)c3)n2Cc2ccc(Cl)cc2)n(C)c1=O. The van der Waals surface area contributed by atoms with Crippen molar-refractivity contribution in [1.29, 1.82) is 0 Å². The summed E-state index contributed by atoms with van der Waals surface area (Å²) in [7, 11) is 1.54. The highest BCUT2D eigenvalue weighted by atomic mass is 35.5. The van der Waals surface area contributed by atoms with Crippen LogP contribution in [0.3, 0.4) is 0 Å². The lowest BCUT2D eigenvalue weighted by Crippen LogP contribution is -2.39. The van der Waals surface area contributed by atoms with Gasteiger partial charge in [0.2, 0.25) is 0 Å². The van der Waals surface area contributed by atoms with Crippen LogP contribution in [0.5, 0.6) is 11.8 Å². The predicted molar refractivity (Wildman–Crippen MR) is 122 cm³/mol. The molecule has 2 aromatic heterocycles. The van der Waals surface area contributed by atoms with Crippen LogP contribution in [0.2, 0.25) is 10.0 Å². The van der Waals surface area contributed by atoms with Crippen molar-refractivity contribution in [3.8, 4) is 11.8 Å². The van der Waals surface area contributed by atoms with E-state index >= 15 is 0 Å². The van der Waals surface area contributed by atoms with E-state index in [9.17, 15) is 14.0 Å². The van der Waals surface area contributed by atoms with Crippen molar-refractivity contribution in [2.75, 3.05) is 0 Å². The maximum absolute atomic E-state index is 13.9. The van der Waals surface area contributed by atoms with E-state index in [2.05, 4.69) is 4.98 Å². The van der Waals surface area contributed by atoms with Gasteiger partial charge in [-0.05, 0) is 36.2 Å². The molecule has 0 saturated carbocycles. The van der Waals surface area contributed by atoms with Crippen LogP contribution in [0.4, 0.5) is 4.39 Å². The monoisotopic (exact) mass is 476 g/mol. The number of ether oxygens (including phenoxy) is 1. The second kappa shape index (κ2) is 8.80. The zero-order chi connectivity index (χ0) is 23.0. The minimum atomic E-state index is -0.651. The minimum absolute atomic E-state index is 0.0398. The molecule has 0 bridgehead atoms. The Labute approximate surface area is 192 Å². The van der Waals surface area contributed by atoms with Crippen molar-refractivity contribution >= 4 is 34.4 Å². The fourth-order valence-corrected chi connectivity index (χ4v) is 3.66. The van der Waals surface area contributed by atoms with Crippen LogP contribution in [-0.2, 0) is 20.1 Å². The number of fused-ring (bicyclic) bond motifs is 1. The molecule has 2 aromatic carbocycles. The fourth-order valence-electron chi connectivity index (χ4n) is 3.42. The van der Waals surface area contributed by atoms with Crippen molar-refractivity contribution in [2.24, 2.45) is 7.05 Å². The Hall–Kier alpha value is -3.10. The van der Waals surface area contributed by atoms with Gasteiger partial charge in [0.25, 0.3) is 5.56 Å². The van der Waals surface area contributed by atoms with E-state index in [1.165, 1.54) is 21.3 Å². The molecule has 0 fully saturated rings. The maximum Gasteiger partial charge on any atom is 0.332 e. The Morgan fingerprint density at radius 1 is 1.06 bits per heavy atom. The van der Waals surface area contributed by atoms with E-state index in [1.807, 2.05) is 19.1 Å². The van der Waals surface area contributed by atoms with E-state index in [4.69, 9.17) is 27.9 Å². The van der Waals surface area contributed by atoms with Gasteiger partial charge in [-0.15, -0.1) is 0 Å². The van der Waals surface area contributed by atoms with Gasteiger partial charge in [0.05, 0.1) is 11.6 Å². The van der Waals surface area contributed by atoms with Gasteiger partial charge in [0.15, 0.2) is 11.2 Å². The molecule has 0 N–H and O–H groups in total. The molecule has 0 radical (unpaired) electrons. The van der Waals surface area contributed by atoms with Crippen LogP contribution in [-0.4, -0.2) is 18.7 Å². The highest BCUT2D eigenvalue weighted by Gasteiger charge is 2.22. The van der Waals surface area contributed by atoms with Crippen molar-refractivity contribution in [1.82, 2.24) is 18.7 Å². The molecule has 4 rings (SSSR count). The van der Waals surface area contributed by atoms with Gasteiger partial charge in [0, 0.05) is 24.7 Å². The van der Waals surface area contributed by atoms with Crippen molar-refractivity contribution in [3.63, 3.8) is 0 Å². The van der Waals surface area contributed by atoms with E-state index in [0.717, 1.165) is 11.6 Å². The second-order valence-electron chi connectivity index (χ2n) is 7.26. The highest BCUT2D eigenvalue weighted by molar-refractivity contribution is 6.30. The maximum atomic E-state index is 13.9. The first-order chi connectivity index (χ1) is 15.3. The molecule has 0 spiro atoms. The smallest absolute Gasteiger partial charge is 0.332 e. The molecule has 7 nitrogen and oxygen atoms in total. The number of benzene rings is 2. The third-order valence-corrected chi connectivity index (χ3v) is 5.56. The third kappa shape index (κ3) is 4.03. The third-order valence-electron chi connectivity index (χ3n) is 5.00.